The largest absolute Gasteiger partial charge is 0.497 e. The van der Waals surface area contributed by atoms with E-state index < -0.39 is 0 Å². The molecule has 0 bridgehead atoms. The van der Waals surface area contributed by atoms with E-state index in [1.807, 2.05) is 36.4 Å². The van der Waals surface area contributed by atoms with E-state index in [0.29, 0.717) is 46.5 Å². The third-order valence-electron chi connectivity index (χ3n) is 4.89. The Kier molecular flexibility index (Phi) is 4.84. The number of nitrogens with zero attached hydrogens (tertiary/aromatic N) is 2. The maximum atomic E-state index is 13.1. The number of hydrogen-bond acceptors (Lipinski definition) is 6. The average Bonchev–Trinajstić information content (AvgIpc) is 3.21. The van der Waals surface area contributed by atoms with Crippen LogP contribution in [0.25, 0.3) is 20.7 Å². The lowest BCUT2D eigenvalue weighted by molar-refractivity contribution is 0.171. The molecule has 6 nitrogen and oxygen atoms in total. The van der Waals surface area contributed by atoms with E-state index in [1.165, 1.54) is 11.3 Å². The Morgan fingerprint density at radius 2 is 1.97 bits per heavy atom. The van der Waals surface area contributed by atoms with Crippen molar-refractivity contribution in [1.82, 2.24) is 9.55 Å². The molecule has 8 heteroatoms. The van der Waals surface area contributed by atoms with Crippen LogP contribution in [0.5, 0.6) is 17.2 Å². The maximum absolute atomic E-state index is 13.1. The van der Waals surface area contributed by atoms with Crippen LogP contribution < -0.4 is 19.8 Å². The summed E-state index contributed by atoms with van der Waals surface area (Å²) in [4.78, 5) is 18.5. The van der Waals surface area contributed by atoms with E-state index in [2.05, 4.69) is 4.98 Å². The molecular weight excluding hydrogens is 424 g/mol. The quantitative estimate of drug-likeness (QED) is 0.464. The Morgan fingerprint density at radius 1 is 1.17 bits per heavy atom. The Bertz CT molecular complexity index is 1300. The monoisotopic (exact) mass is 440 g/mol. The van der Waals surface area contributed by atoms with E-state index in [1.54, 1.807) is 24.1 Å². The molecule has 0 saturated carbocycles. The normalized spacial score (nSPS) is 12.9. The summed E-state index contributed by atoms with van der Waals surface area (Å²) in [7, 11) is 1.63. The van der Waals surface area contributed by atoms with E-state index in [-0.39, 0.29) is 5.56 Å². The van der Waals surface area contributed by atoms with Crippen LogP contribution >= 0.6 is 22.9 Å². The predicted molar refractivity (Wildman–Crippen MR) is 117 cm³/mol. The molecule has 3 heterocycles. The standard InChI is InChI=1S/C22H17ClN2O4S/c1-27-15-4-2-14(3-5-15)19-10-17-21(30-19)22(26)25(12-24-17)11-13-8-16(23)20-18(9-13)28-6-7-29-20/h2-5,8-10,12H,6-7,11H2,1H3. The van der Waals surface area contributed by atoms with Crippen LogP contribution in [-0.2, 0) is 6.54 Å². The summed E-state index contributed by atoms with van der Waals surface area (Å²) in [5.41, 5.74) is 2.46. The Hall–Kier alpha value is -3.03. The number of methoxy groups -OCH3 is 1. The van der Waals surface area contributed by atoms with Gasteiger partial charge in [0.05, 0.1) is 30.5 Å². The van der Waals surface area contributed by atoms with Crippen molar-refractivity contribution in [2.75, 3.05) is 20.3 Å². The maximum Gasteiger partial charge on any atom is 0.271 e. The van der Waals surface area contributed by atoms with Gasteiger partial charge in [0.1, 0.15) is 23.7 Å². The third kappa shape index (κ3) is 3.40. The zero-order chi connectivity index (χ0) is 20.7. The molecule has 30 heavy (non-hydrogen) atoms. The van der Waals surface area contributed by atoms with Crippen molar-refractivity contribution >= 4 is 33.2 Å². The van der Waals surface area contributed by atoms with Crippen LogP contribution in [0.3, 0.4) is 0 Å². The molecule has 0 atom stereocenters. The van der Waals surface area contributed by atoms with E-state index in [0.717, 1.165) is 21.8 Å². The molecule has 2 aromatic carbocycles. The topological polar surface area (TPSA) is 62.6 Å². The van der Waals surface area contributed by atoms with Gasteiger partial charge < -0.3 is 14.2 Å². The first kappa shape index (κ1) is 19.0. The molecule has 4 aromatic rings. The first-order valence-corrected chi connectivity index (χ1v) is 10.5. The fourth-order valence-corrected chi connectivity index (χ4v) is 4.76. The Morgan fingerprint density at radius 3 is 2.77 bits per heavy atom. The molecule has 0 N–H and O–H groups in total. The fraction of sp³-hybridized carbons (Fsp3) is 0.182. The minimum absolute atomic E-state index is 0.0872. The lowest BCUT2D eigenvalue weighted by atomic mass is 10.2. The summed E-state index contributed by atoms with van der Waals surface area (Å²) >= 11 is 7.76. The number of hydrogen-bond donors (Lipinski definition) is 0. The number of aromatic nitrogens is 2. The van der Waals surface area contributed by atoms with Gasteiger partial charge in [-0.05, 0) is 53.6 Å². The molecule has 0 aliphatic carbocycles. The smallest absolute Gasteiger partial charge is 0.271 e. The number of rotatable bonds is 4. The van der Waals surface area contributed by atoms with Crippen LogP contribution in [0.15, 0.2) is 53.6 Å². The minimum Gasteiger partial charge on any atom is -0.497 e. The number of thiophene rings is 1. The summed E-state index contributed by atoms with van der Waals surface area (Å²) < 4.78 is 18.6. The van der Waals surface area contributed by atoms with Gasteiger partial charge in [0.25, 0.3) is 5.56 Å². The van der Waals surface area contributed by atoms with Gasteiger partial charge in [-0.1, -0.05) is 11.6 Å². The summed E-state index contributed by atoms with van der Waals surface area (Å²) in [5, 5.41) is 0.474. The summed E-state index contributed by atoms with van der Waals surface area (Å²) in [6, 6.07) is 13.3. The molecule has 0 radical (unpaired) electrons. The Labute approximate surface area is 181 Å². The number of fused-ring (bicyclic) bond motifs is 2. The van der Waals surface area contributed by atoms with Crippen LogP contribution in [0.2, 0.25) is 5.02 Å². The third-order valence-corrected chi connectivity index (χ3v) is 6.33. The van der Waals surface area contributed by atoms with Gasteiger partial charge in [-0.2, -0.15) is 0 Å². The number of halogens is 1. The molecule has 1 aliphatic rings. The number of benzene rings is 2. The molecular formula is C22H17ClN2O4S. The highest BCUT2D eigenvalue weighted by Gasteiger charge is 2.17. The van der Waals surface area contributed by atoms with Crippen molar-refractivity contribution in [2.45, 2.75) is 6.54 Å². The predicted octanol–water partition coefficient (Wildman–Crippen LogP) is 4.61. The molecule has 5 rings (SSSR count). The second kappa shape index (κ2) is 7.66. The molecule has 152 valence electrons. The van der Waals surface area contributed by atoms with Gasteiger partial charge >= 0.3 is 0 Å². The lowest BCUT2D eigenvalue weighted by Gasteiger charge is -2.20. The van der Waals surface area contributed by atoms with Crippen molar-refractivity contribution in [1.29, 1.82) is 0 Å². The number of ether oxygens (including phenoxy) is 3. The molecule has 0 fully saturated rings. The van der Waals surface area contributed by atoms with Crippen molar-refractivity contribution < 1.29 is 14.2 Å². The van der Waals surface area contributed by atoms with Crippen LogP contribution in [0, 0.1) is 0 Å². The second-order valence-corrected chi connectivity index (χ2v) is 8.29. The van der Waals surface area contributed by atoms with Gasteiger partial charge in [0.2, 0.25) is 0 Å². The van der Waals surface area contributed by atoms with Crippen molar-refractivity contribution in [3.8, 4) is 27.7 Å². The summed E-state index contributed by atoms with van der Waals surface area (Å²) in [6.45, 7) is 1.29. The fourth-order valence-electron chi connectivity index (χ4n) is 3.41. The van der Waals surface area contributed by atoms with Crippen molar-refractivity contribution in [2.24, 2.45) is 0 Å². The van der Waals surface area contributed by atoms with E-state index in [9.17, 15) is 4.79 Å². The highest BCUT2D eigenvalue weighted by molar-refractivity contribution is 7.22. The minimum atomic E-state index is -0.0872. The Balaban J connectivity index is 1.49. The zero-order valence-corrected chi connectivity index (χ0v) is 17.6. The zero-order valence-electron chi connectivity index (χ0n) is 16.1. The SMILES string of the molecule is COc1ccc(-c2cc3ncn(Cc4cc(Cl)c5c(c4)OCCO5)c(=O)c3s2)cc1. The molecule has 2 aromatic heterocycles. The van der Waals surface area contributed by atoms with Crippen molar-refractivity contribution in [3.05, 3.63) is 69.7 Å². The highest BCUT2D eigenvalue weighted by atomic mass is 35.5. The van der Waals surface area contributed by atoms with Gasteiger partial charge in [0.15, 0.2) is 11.5 Å². The lowest BCUT2D eigenvalue weighted by Crippen LogP contribution is -2.21. The van der Waals surface area contributed by atoms with Gasteiger partial charge in [0, 0.05) is 4.88 Å². The van der Waals surface area contributed by atoms with Gasteiger partial charge in [-0.25, -0.2) is 4.98 Å². The average molecular weight is 441 g/mol. The van der Waals surface area contributed by atoms with Crippen LogP contribution in [0.4, 0.5) is 0 Å². The van der Waals surface area contributed by atoms with Gasteiger partial charge in [-0.3, -0.25) is 9.36 Å². The second-order valence-electron chi connectivity index (χ2n) is 6.83. The van der Waals surface area contributed by atoms with Crippen molar-refractivity contribution in [3.63, 3.8) is 0 Å². The van der Waals surface area contributed by atoms with E-state index >= 15 is 0 Å². The highest BCUT2D eigenvalue weighted by Crippen LogP contribution is 2.38. The first-order valence-electron chi connectivity index (χ1n) is 9.34. The first-order chi connectivity index (χ1) is 14.6. The molecule has 0 unspecified atom stereocenters. The molecule has 1 aliphatic heterocycles. The van der Waals surface area contributed by atoms with Gasteiger partial charge in [-0.15, -0.1) is 11.3 Å². The molecule has 0 saturated heterocycles. The summed E-state index contributed by atoms with van der Waals surface area (Å²) in [5.74, 6) is 1.94. The molecule has 0 spiro atoms. The van der Waals surface area contributed by atoms with Crippen LogP contribution in [-0.4, -0.2) is 29.9 Å². The summed E-state index contributed by atoms with van der Waals surface area (Å²) in [6.07, 6.45) is 1.57. The molecule has 0 amide bonds. The van der Waals surface area contributed by atoms with Crippen LogP contribution in [0.1, 0.15) is 5.56 Å². The van der Waals surface area contributed by atoms with E-state index in [4.69, 9.17) is 25.8 Å².